The molecular formula is C22H17N3O2S2. The zero-order valence-electron chi connectivity index (χ0n) is 15.3. The van der Waals surface area contributed by atoms with Crippen molar-refractivity contribution in [3.63, 3.8) is 0 Å². The molecule has 29 heavy (non-hydrogen) atoms. The number of aromatic nitrogens is 1. The van der Waals surface area contributed by atoms with E-state index in [-0.39, 0.29) is 11.7 Å². The van der Waals surface area contributed by atoms with Crippen molar-refractivity contribution in [3.05, 3.63) is 89.5 Å². The molecule has 0 aliphatic heterocycles. The number of rotatable bonds is 6. The van der Waals surface area contributed by atoms with Gasteiger partial charge in [0.15, 0.2) is 4.34 Å². The van der Waals surface area contributed by atoms with Crippen LogP contribution in [0.5, 0.6) is 5.75 Å². The number of carbonyl (C=O) groups is 1. The van der Waals surface area contributed by atoms with Gasteiger partial charge >= 0.3 is 0 Å². The number of hydrazone groups is 1. The number of nitrogens with zero attached hydrogens (tertiary/aromatic N) is 2. The highest BCUT2D eigenvalue weighted by molar-refractivity contribution is 8.00. The molecule has 7 heteroatoms. The van der Waals surface area contributed by atoms with E-state index in [4.69, 9.17) is 0 Å². The number of benzene rings is 3. The number of hydrogen-bond donors (Lipinski definition) is 2. The molecular weight excluding hydrogens is 402 g/mol. The second kappa shape index (κ2) is 8.89. The summed E-state index contributed by atoms with van der Waals surface area (Å²) in [6.45, 7) is 0. The first-order chi connectivity index (χ1) is 14.2. The first-order valence-electron chi connectivity index (χ1n) is 8.88. The lowest BCUT2D eigenvalue weighted by Crippen LogP contribution is -2.17. The minimum Gasteiger partial charge on any atom is -0.507 e. The number of phenols is 1. The molecule has 144 valence electrons. The molecule has 2 N–H and O–H groups in total. The van der Waals surface area contributed by atoms with E-state index < -0.39 is 0 Å². The molecule has 0 spiro atoms. The molecule has 5 nitrogen and oxygen atoms in total. The van der Waals surface area contributed by atoms with Gasteiger partial charge in [0.1, 0.15) is 5.75 Å². The molecule has 1 heterocycles. The molecule has 0 aliphatic carbocycles. The molecule has 1 aromatic heterocycles. The fourth-order valence-electron chi connectivity index (χ4n) is 2.63. The smallest absolute Gasteiger partial charge is 0.271 e. The van der Waals surface area contributed by atoms with Gasteiger partial charge in [-0.3, -0.25) is 4.79 Å². The number of carbonyl (C=O) groups excluding carboxylic acids is 1. The first-order valence-corrected chi connectivity index (χ1v) is 10.7. The maximum absolute atomic E-state index is 12.2. The molecule has 0 saturated carbocycles. The Kier molecular flexibility index (Phi) is 5.88. The van der Waals surface area contributed by atoms with Gasteiger partial charge in [0.05, 0.1) is 16.4 Å². The van der Waals surface area contributed by atoms with Gasteiger partial charge in [-0.25, -0.2) is 10.4 Å². The molecule has 0 unspecified atom stereocenters. The molecule has 0 radical (unpaired) electrons. The summed E-state index contributed by atoms with van der Waals surface area (Å²) in [5, 5.41) is 13.6. The molecule has 0 bridgehead atoms. The van der Waals surface area contributed by atoms with Crippen molar-refractivity contribution in [2.24, 2.45) is 5.10 Å². The summed E-state index contributed by atoms with van der Waals surface area (Å²) < 4.78 is 2.22. The number of aromatic hydroxyl groups is 1. The second-order valence-corrected chi connectivity index (χ2v) is 8.44. The van der Waals surface area contributed by atoms with Crippen LogP contribution in [0.25, 0.3) is 10.2 Å². The average molecular weight is 420 g/mol. The van der Waals surface area contributed by atoms with Crippen molar-refractivity contribution in [2.75, 3.05) is 0 Å². The molecule has 0 fully saturated rings. The lowest BCUT2D eigenvalue weighted by Gasteiger charge is -2.03. The second-order valence-electron chi connectivity index (χ2n) is 6.19. The molecule has 4 rings (SSSR count). The van der Waals surface area contributed by atoms with E-state index in [0.717, 1.165) is 21.2 Å². The Morgan fingerprint density at radius 1 is 1.07 bits per heavy atom. The number of amides is 1. The summed E-state index contributed by atoms with van der Waals surface area (Å²) >= 11 is 3.37. The monoisotopic (exact) mass is 419 g/mol. The zero-order chi connectivity index (χ0) is 20.1. The van der Waals surface area contributed by atoms with Crippen molar-refractivity contribution in [1.29, 1.82) is 0 Å². The standard InChI is InChI=1S/C22H17N3O2S2/c26-19-7-3-1-5-17(19)13-23-25-21(27)16-11-9-15(10-12-16)14-28-22-24-18-6-2-4-8-20(18)29-22/h1-13,26H,14H2,(H,25,27)/b23-13+. The lowest BCUT2D eigenvalue weighted by atomic mass is 10.1. The highest BCUT2D eigenvalue weighted by Crippen LogP contribution is 2.31. The zero-order valence-corrected chi connectivity index (χ0v) is 16.9. The van der Waals surface area contributed by atoms with Gasteiger partial charge in [-0.15, -0.1) is 11.3 Å². The SMILES string of the molecule is O=C(N/N=C/c1ccccc1O)c1ccc(CSc2nc3ccccc3s2)cc1. The van der Waals surface area contributed by atoms with Crippen LogP contribution in [0.3, 0.4) is 0 Å². The van der Waals surface area contributed by atoms with Gasteiger partial charge in [-0.05, 0) is 42.0 Å². The first kappa shape index (κ1) is 19.2. The molecule has 0 aliphatic rings. The number of phenolic OH excluding ortho intramolecular Hbond substituents is 1. The van der Waals surface area contributed by atoms with Crippen molar-refractivity contribution >= 4 is 45.4 Å². The predicted octanol–water partition coefficient (Wildman–Crippen LogP) is 5.06. The topological polar surface area (TPSA) is 74.6 Å². The van der Waals surface area contributed by atoms with Crippen molar-refractivity contribution < 1.29 is 9.90 Å². The van der Waals surface area contributed by atoms with Gasteiger partial charge in [-0.2, -0.15) is 5.10 Å². The van der Waals surface area contributed by atoms with E-state index in [9.17, 15) is 9.90 Å². The molecule has 3 aromatic carbocycles. The van der Waals surface area contributed by atoms with Crippen molar-refractivity contribution in [3.8, 4) is 5.75 Å². The van der Waals surface area contributed by atoms with Gasteiger partial charge in [0.25, 0.3) is 5.91 Å². The summed E-state index contributed by atoms with van der Waals surface area (Å²) in [6.07, 6.45) is 1.41. The van der Waals surface area contributed by atoms with Crippen LogP contribution in [-0.2, 0) is 5.75 Å². The van der Waals surface area contributed by atoms with Crippen molar-refractivity contribution in [1.82, 2.24) is 10.4 Å². The number of fused-ring (bicyclic) bond motifs is 1. The Morgan fingerprint density at radius 3 is 2.62 bits per heavy atom. The number of thiazole rings is 1. The van der Waals surface area contributed by atoms with Gasteiger partial charge < -0.3 is 5.11 Å². The number of thioether (sulfide) groups is 1. The summed E-state index contributed by atoms with van der Waals surface area (Å²) in [5.41, 5.74) is 5.67. The van der Waals surface area contributed by atoms with Crippen LogP contribution >= 0.6 is 23.1 Å². The molecule has 0 saturated heterocycles. The maximum atomic E-state index is 12.2. The van der Waals surface area contributed by atoms with Gasteiger partial charge in [0.2, 0.25) is 0 Å². The Labute approximate surface area is 176 Å². The highest BCUT2D eigenvalue weighted by atomic mass is 32.2. The Morgan fingerprint density at radius 2 is 1.83 bits per heavy atom. The fourth-order valence-corrected chi connectivity index (χ4v) is 4.66. The van der Waals surface area contributed by atoms with Gasteiger partial charge in [0, 0.05) is 16.9 Å². The summed E-state index contributed by atoms with van der Waals surface area (Å²) in [4.78, 5) is 16.8. The van der Waals surface area contributed by atoms with Crippen LogP contribution in [0.1, 0.15) is 21.5 Å². The normalized spacial score (nSPS) is 11.2. The van der Waals surface area contributed by atoms with E-state index in [1.165, 1.54) is 10.9 Å². The number of para-hydroxylation sites is 2. The summed E-state index contributed by atoms with van der Waals surface area (Å²) in [5.74, 6) is 0.593. The highest BCUT2D eigenvalue weighted by Gasteiger charge is 2.07. The van der Waals surface area contributed by atoms with Crippen LogP contribution in [0.2, 0.25) is 0 Å². The molecule has 4 aromatic rings. The van der Waals surface area contributed by atoms with E-state index in [1.54, 1.807) is 59.5 Å². The minimum absolute atomic E-state index is 0.112. The van der Waals surface area contributed by atoms with Crippen LogP contribution in [-0.4, -0.2) is 22.2 Å². The van der Waals surface area contributed by atoms with E-state index in [1.807, 2.05) is 30.3 Å². The number of hydrogen-bond acceptors (Lipinski definition) is 6. The Hall–Kier alpha value is -3.16. The van der Waals surface area contributed by atoms with Crippen LogP contribution in [0.15, 0.2) is 82.2 Å². The Balaban J connectivity index is 1.33. The third-order valence-electron chi connectivity index (χ3n) is 4.16. The van der Waals surface area contributed by atoms with Crippen LogP contribution < -0.4 is 5.43 Å². The summed E-state index contributed by atoms with van der Waals surface area (Å²) in [7, 11) is 0. The largest absolute Gasteiger partial charge is 0.507 e. The van der Waals surface area contributed by atoms with Crippen LogP contribution in [0, 0.1) is 0 Å². The number of nitrogens with one attached hydrogen (secondary N) is 1. The summed E-state index contributed by atoms with van der Waals surface area (Å²) in [6, 6.07) is 22.3. The third kappa shape index (κ3) is 4.82. The predicted molar refractivity (Wildman–Crippen MR) is 119 cm³/mol. The maximum Gasteiger partial charge on any atom is 0.271 e. The third-order valence-corrected chi connectivity index (χ3v) is 6.41. The van der Waals surface area contributed by atoms with E-state index in [0.29, 0.717) is 11.1 Å². The minimum atomic E-state index is -0.304. The van der Waals surface area contributed by atoms with Crippen molar-refractivity contribution in [2.45, 2.75) is 10.1 Å². The van der Waals surface area contributed by atoms with Crippen LogP contribution in [0.4, 0.5) is 0 Å². The van der Waals surface area contributed by atoms with Gasteiger partial charge in [-0.1, -0.05) is 48.2 Å². The van der Waals surface area contributed by atoms with E-state index >= 15 is 0 Å². The molecule has 0 atom stereocenters. The quantitative estimate of drug-likeness (QED) is 0.260. The average Bonchev–Trinajstić information content (AvgIpc) is 3.17. The van der Waals surface area contributed by atoms with E-state index in [2.05, 4.69) is 21.6 Å². The molecule has 1 amide bonds. The fraction of sp³-hybridized carbons (Fsp3) is 0.0455. The Bertz CT molecular complexity index is 1140. The lowest BCUT2D eigenvalue weighted by molar-refractivity contribution is 0.0955.